The van der Waals surface area contributed by atoms with Crippen LogP contribution in [-0.2, 0) is 20.0 Å². The summed E-state index contributed by atoms with van der Waals surface area (Å²) in [4.78, 5) is 2.11. The lowest BCUT2D eigenvalue weighted by Crippen LogP contribution is -2.47. The summed E-state index contributed by atoms with van der Waals surface area (Å²) in [5.41, 5.74) is 0.380. The first-order valence-corrected chi connectivity index (χ1v) is 12.3. The molecule has 2 fully saturated rings. The average Bonchev–Trinajstić information content (AvgIpc) is 2.62. The highest BCUT2D eigenvalue weighted by Crippen LogP contribution is 2.33. The van der Waals surface area contributed by atoms with Gasteiger partial charge < -0.3 is 9.64 Å². The summed E-state index contributed by atoms with van der Waals surface area (Å²) in [6.07, 6.45) is 1.38. The van der Waals surface area contributed by atoms with Crippen molar-refractivity contribution in [2.45, 2.75) is 24.7 Å². The highest BCUT2D eigenvalue weighted by Gasteiger charge is 2.32. The Kier molecular flexibility index (Phi) is 5.99. The second-order valence-corrected chi connectivity index (χ2v) is 10.8. The predicted molar refractivity (Wildman–Crippen MR) is 104 cm³/mol. The van der Waals surface area contributed by atoms with Gasteiger partial charge in [0, 0.05) is 32.7 Å². The summed E-state index contributed by atoms with van der Waals surface area (Å²) >= 11 is 0. The second kappa shape index (κ2) is 7.94. The maximum Gasteiger partial charge on any atom is 0.246 e. The Bertz CT molecular complexity index is 878. The number of hydrogen-bond acceptors (Lipinski definition) is 6. The lowest BCUT2D eigenvalue weighted by molar-refractivity contribution is 0.222. The molecule has 10 heteroatoms. The largest absolute Gasteiger partial charge is 0.492 e. The summed E-state index contributed by atoms with van der Waals surface area (Å²) in [6.45, 7) is 4.59. The third-order valence-electron chi connectivity index (χ3n) is 4.94. The van der Waals surface area contributed by atoms with E-state index in [2.05, 4.69) is 4.90 Å². The second-order valence-electron chi connectivity index (χ2n) is 6.87. The maximum absolute atomic E-state index is 13.2. The van der Waals surface area contributed by atoms with Crippen LogP contribution in [0.5, 0.6) is 5.75 Å². The van der Waals surface area contributed by atoms with E-state index in [0.29, 0.717) is 51.4 Å². The molecule has 2 saturated heterocycles. The van der Waals surface area contributed by atoms with Crippen LogP contribution in [0.25, 0.3) is 0 Å². The topological polar surface area (TPSA) is 87.2 Å². The van der Waals surface area contributed by atoms with Crippen LogP contribution in [0.4, 0.5) is 5.69 Å². The number of ether oxygens (including phenoxy) is 1. The molecule has 2 aliphatic rings. The lowest BCUT2D eigenvalue weighted by Gasteiger charge is -2.32. The van der Waals surface area contributed by atoms with Gasteiger partial charge in [-0.05, 0) is 45.0 Å². The Morgan fingerprint density at radius 1 is 1.07 bits per heavy atom. The fourth-order valence-corrected chi connectivity index (χ4v) is 6.58. The molecule has 0 spiro atoms. The molecule has 0 radical (unpaired) electrons. The average molecular weight is 418 g/mol. The van der Waals surface area contributed by atoms with Crippen LogP contribution >= 0.6 is 0 Å². The maximum atomic E-state index is 13.2. The number of nitrogens with zero attached hydrogens (tertiary/aromatic N) is 3. The summed E-state index contributed by atoms with van der Waals surface area (Å²) in [5.74, 6) is 0.343. The molecule has 0 aromatic heterocycles. The van der Waals surface area contributed by atoms with E-state index in [4.69, 9.17) is 4.74 Å². The van der Waals surface area contributed by atoms with Crippen LogP contribution < -0.4 is 9.04 Å². The van der Waals surface area contributed by atoms with Crippen molar-refractivity contribution < 1.29 is 21.6 Å². The summed E-state index contributed by atoms with van der Waals surface area (Å²) < 4.78 is 59.6. The zero-order valence-electron chi connectivity index (χ0n) is 15.8. The molecule has 0 unspecified atom stereocenters. The van der Waals surface area contributed by atoms with Crippen molar-refractivity contribution >= 4 is 25.7 Å². The molecule has 0 aliphatic carbocycles. The highest BCUT2D eigenvalue weighted by molar-refractivity contribution is 7.92. The first-order chi connectivity index (χ1) is 12.8. The molecule has 0 N–H and O–H groups in total. The van der Waals surface area contributed by atoms with Gasteiger partial charge in [0.05, 0.1) is 18.0 Å². The monoisotopic (exact) mass is 417 g/mol. The standard InChI is InChI=1S/C17H27N3O5S2/c1-3-25-16-7-6-15(20-8-4-5-13-26(20,21)22)14-17(16)27(23,24)19-11-9-18(2)10-12-19/h6-7,14H,3-5,8-13H2,1-2H3. The van der Waals surface area contributed by atoms with E-state index >= 15 is 0 Å². The molecular weight excluding hydrogens is 390 g/mol. The molecule has 152 valence electrons. The molecule has 2 aliphatic heterocycles. The van der Waals surface area contributed by atoms with Crippen molar-refractivity contribution in [3.8, 4) is 5.75 Å². The lowest BCUT2D eigenvalue weighted by atomic mass is 10.2. The molecule has 0 atom stereocenters. The zero-order valence-corrected chi connectivity index (χ0v) is 17.4. The Labute approximate surface area is 161 Å². The van der Waals surface area contributed by atoms with Crippen LogP contribution in [0.1, 0.15) is 19.8 Å². The van der Waals surface area contributed by atoms with Gasteiger partial charge in [0.15, 0.2) is 0 Å². The molecular formula is C17H27N3O5S2. The van der Waals surface area contributed by atoms with E-state index in [1.165, 1.54) is 14.7 Å². The van der Waals surface area contributed by atoms with E-state index in [0.717, 1.165) is 6.42 Å². The minimum absolute atomic E-state index is 0.0344. The van der Waals surface area contributed by atoms with E-state index in [1.54, 1.807) is 19.1 Å². The van der Waals surface area contributed by atoms with Crippen LogP contribution in [0, 0.1) is 0 Å². The SMILES string of the molecule is CCOc1ccc(N2CCCCS2(=O)=O)cc1S(=O)(=O)N1CCN(C)CC1. The van der Waals surface area contributed by atoms with E-state index in [-0.39, 0.29) is 16.4 Å². The smallest absolute Gasteiger partial charge is 0.246 e. The molecule has 0 bridgehead atoms. The number of hydrogen-bond donors (Lipinski definition) is 0. The normalized spacial score (nSPS) is 21.9. The van der Waals surface area contributed by atoms with Crippen molar-refractivity contribution in [3.63, 3.8) is 0 Å². The van der Waals surface area contributed by atoms with Gasteiger partial charge >= 0.3 is 0 Å². The summed E-state index contributed by atoms with van der Waals surface area (Å²) in [7, 11) is -5.24. The molecule has 3 rings (SSSR count). The third-order valence-corrected chi connectivity index (χ3v) is 8.73. The number of likely N-dealkylation sites (N-methyl/N-ethyl adjacent to an activating group) is 1. The number of sulfonamides is 2. The Morgan fingerprint density at radius 3 is 2.41 bits per heavy atom. The minimum Gasteiger partial charge on any atom is -0.492 e. The van der Waals surface area contributed by atoms with Crippen LogP contribution in [-0.4, -0.2) is 78.2 Å². The predicted octanol–water partition coefficient (Wildman–Crippen LogP) is 0.951. The molecule has 0 amide bonds. The van der Waals surface area contributed by atoms with Gasteiger partial charge in [-0.2, -0.15) is 4.31 Å². The van der Waals surface area contributed by atoms with E-state index in [1.807, 2.05) is 7.05 Å². The Balaban J connectivity index is 2.02. The van der Waals surface area contributed by atoms with Gasteiger partial charge in [0.2, 0.25) is 20.0 Å². The fraction of sp³-hybridized carbons (Fsp3) is 0.647. The van der Waals surface area contributed by atoms with Gasteiger partial charge in [-0.1, -0.05) is 0 Å². The van der Waals surface area contributed by atoms with Crippen molar-refractivity contribution in [2.75, 3.05) is 56.4 Å². The molecule has 0 saturated carbocycles. The molecule has 1 aromatic rings. The Hall–Kier alpha value is -1.36. The molecule has 8 nitrogen and oxygen atoms in total. The first-order valence-electron chi connectivity index (χ1n) is 9.21. The number of rotatable bonds is 5. The van der Waals surface area contributed by atoms with Gasteiger partial charge in [0.1, 0.15) is 10.6 Å². The van der Waals surface area contributed by atoms with Crippen molar-refractivity contribution in [1.29, 1.82) is 0 Å². The van der Waals surface area contributed by atoms with Crippen LogP contribution in [0.15, 0.2) is 23.1 Å². The van der Waals surface area contributed by atoms with Gasteiger partial charge in [-0.25, -0.2) is 16.8 Å². The zero-order chi connectivity index (χ0) is 19.7. The van der Waals surface area contributed by atoms with E-state index in [9.17, 15) is 16.8 Å². The number of piperazine rings is 1. The first kappa shape index (κ1) is 20.4. The van der Waals surface area contributed by atoms with Crippen molar-refractivity contribution in [1.82, 2.24) is 9.21 Å². The van der Waals surface area contributed by atoms with Gasteiger partial charge in [-0.3, -0.25) is 4.31 Å². The third kappa shape index (κ3) is 4.23. The molecule has 1 aromatic carbocycles. The quantitative estimate of drug-likeness (QED) is 0.709. The number of benzene rings is 1. The van der Waals surface area contributed by atoms with E-state index < -0.39 is 20.0 Å². The van der Waals surface area contributed by atoms with Crippen molar-refractivity contribution in [3.05, 3.63) is 18.2 Å². The summed E-state index contributed by atoms with van der Waals surface area (Å²) in [5, 5.41) is 0. The molecule has 2 heterocycles. The van der Waals surface area contributed by atoms with Crippen molar-refractivity contribution in [2.24, 2.45) is 0 Å². The number of anilines is 1. The molecule has 27 heavy (non-hydrogen) atoms. The van der Waals surface area contributed by atoms with Gasteiger partial charge in [0.25, 0.3) is 0 Å². The van der Waals surface area contributed by atoms with Crippen LogP contribution in [0.3, 0.4) is 0 Å². The van der Waals surface area contributed by atoms with Crippen LogP contribution in [0.2, 0.25) is 0 Å². The summed E-state index contributed by atoms with van der Waals surface area (Å²) in [6, 6.07) is 4.63. The van der Waals surface area contributed by atoms with Gasteiger partial charge in [-0.15, -0.1) is 0 Å². The highest BCUT2D eigenvalue weighted by atomic mass is 32.2. The fourth-order valence-electron chi connectivity index (χ4n) is 3.37. The Morgan fingerprint density at radius 2 is 1.78 bits per heavy atom. The minimum atomic E-state index is -3.78.